The van der Waals surface area contributed by atoms with E-state index in [2.05, 4.69) is 5.32 Å². The number of benzene rings is 1. The summed E-state index contributed by atoms with van der Waals surface area (Å²) < 4.78 is 63.6. The molecule has 0 radical (unpaired) electrons. The van der Waals surface area contributed by atoms with Gasteiger partial charge in [-0.25, -0.2) is 8.42 Å². The van der Waals surface area contributed by atoms with Crippen LogP contribution in [0.3, 0.4) is 0 Å². The van der Waals surface area contributed by atoms with Gasteiger partial charge in [0.2, 0.25) is 15.9 Å². The van der Waals surface area contributed by atoms with E-state index in [0.717, 1.165) is 0 Å². The van der Waals surface area contributed by atoms with Crippen LogP contribution in [0.1, 0.15) is 44.0 Å². The third kappa shape index (κ3) is 6.93. The lowest BCUT2D eigenvalue weighted by Crippen LogP contribution is -2.45. The van der Waals surface area contributed by atoms with Crippen LogP contribution in [0.25, 0.3) is 0 Å². The van der Waals surface area contributed by atoms with E-state index >= 15 is 0 Å². The number of nitrogens with zero attached hydrogens (tertiary/aromatic N) is 1. The van der Waals surface area contributed by atoms with E-state index in [0.29, 0.717) is 18.8 Å². The van der Waals surface area contributed by atoms with Crippen LogP contribution in [0.5, 0.6) is 0 Å². The highest BCUT2D eigenvalue weighted by Crippen LogP contribution is 2.24. The lowest BCUT2D eigenvalue weighted by molar-refractivity contribution is -0.127. The number of amides is 2. The van der Waals surface area contributed by atoms with Crippen molar-refractivity contribution < 1.29 is 31.2 Å². The van der Waals surface area contributed by atoms with Crippen LogP contribution >= 0.6 is 0 Å². The summed E-state index contributed by atoms with van der Waals surface area (Å²) in [6.07, 6.45) is -3.74. The molecule has 0 aliphatic carbocycles. The predicted octanol–water partition coefficient (Wildman–Crippen LogP) is 2.54. The Morgan fingerprint density at radius 3 is 2.13 bits per heavy atom. The highest BCUT2D eigenvalue weighted by molar-refractivity contribution is 7.89. The van der Waals surface area contributed by atoms with E-state index in [1.165, 1.54) is 28.6 Å². The molecule has 1 aliphatic heterocycles. The van der Waals surface area contributed by atoms with Crippen LogP contribution in [0.4, 0.5) is 13.2 Å². The van der Waals surface area contributed by atoms with Crippen molar-refractivity contribution in [2.45, 2.75) is 50.7 Å². The molecule has 1 unspecified atom stereocenters. The molecular formula is C20H28F3N3O4S. The number of hydrogen-bond acceptors (Lipinski definition) is 4. The maximum absolute atomic E-state index is 12.8. The first-order valence-corrected chi connectivity index (χ1v) is 11.5. The first-order chi connectivity index (χ1) is 14.3. The van der Waals surface area contributed by atoms with Gasteiger partial charge in [0.25, 0.3) is 5.91 Å². The van der Waals surface area contributed by atoms with Gasteiger partial charge in [0.05, 0.1) is 4.90 Å². The molecule has 1 aromatic carbocycles. The Balaban J connectivity index is 1.97. The Bertz CT molecular complexity index is 878. The number of nitrogens with one attached hydrogen (secondary N) is 2. The molecule has 1 aliphatic rings. The van der Waals surface area contributed by atoms with Crippen LogP contribution in [-0.4, -0.2) is 56.4 Å². The monoisotopic (exact) mass is 463 g/mol. The van der Waals surface area contributed by atoms with Gasteiger partial charge in [0.1, 0.15) is 6.54 Å². The Morgan fingerprint density at radius 1 is 1.10 bits per heavy atom. The molecule has 1 saturated heterocycles. The Morgan fingerprint density at radius 2 is 1.65 bits per heavy atom. The third-order valence-electron chi connectivity index (χ3n) is 5.40. The van der Waals surface area contributed by atoms with E-state index in [9.17, 15) is 31.2 Å². The molecule has 31 heavy (non-hydrogen) atoms. The Kier molecular flexibility index (Phi) is 8.09. The molecule has 0 spiro atoms. The predicted molar refractivity (Wildman–Crippen MR) is 109 cm³/mol. The largest absolute Gasteiger partial charge is 0.405 e. The summed E-state index contributed by atoms with van der Waals surface area (Å²) in [5.74, 6) is -0.980. The zero-order valence-corrected chi connectivity index (χ0v) is 18.5. The van der Waals surface area contributed by atoms with Gasteiger partial charge in [-0.1, -0.05) is 13.8 Å². The maximum Gasteiger partial charge on any atom is 0.405 e. The van der Waals surface area contributed by atoms with Crippen molar-refractivity contribution in [1.29, 1.82) is 0 Å². The first-order valence-electron chi connectivity index (χ1n) is 10.1. The van der Waals surface area contributed by atoms with Gasteiger partial charge >= 0.3 is 6.18 Å². The van der Waals surface area contributed by atoms with Gasteiger partial charge in [-0.3, -0.25) is 9.59 Å². The Hall–Kier alpha value is -2.14. The number of hydrogen-bond donors (Lipinski definition) is 2. The second kappa shape index (κ2) is 9.99. The quantitative estimate of drug-likeness (QED) is 0.650. The van der Waals surface area contributed by atoms with Gasteiger partial charge < -0.3 is 10.6 Å². The van der Waals surface area contributed by atoms with Crippen molar-refractivity contribution in [3.8, 4) is 0 Å². The SMILES string of the molecule is CC(C)C(C)NC(=O)C1CCN(S(=O)(=O)c2ccc(C(=O)NCC(F)(F)F)cc2)CC1. The van der Waals surface area contributed by atoms with Crippen LogP contribution < -0.4 is 10.6 Å². The number of halogens is 3. The highest BCUT2D eigenvalue weighted by Gasteiger charge is 2.33. The number of alkyl halides is 3. The van der Waals surface area contributed by atoms with Crippen molar-refractivity contribution in [1.82, 2.24) is 14.9 Å². The van der Waals surface area contributed by atoms with Crippen molar-refractivity contribution >= 4 is 21.8 Å². The fourth-order valence-corrected chi connectivity index (χ4v) is 4.55. The molecule has 174 valence electrons. The number of rotatable bonds is 7. The second-order valence-corrected chi connectivity index (χ2v) is 9.98. The third-order valence-corrected chi connectivity index (χ3v) is 7.31. The number of carbonyl (C=O) groups is 2. The molecular weight excluding hydrogens is 435 g/mol. The number of carbonyl (C=O) groups excluding carboxylic acids is 2. The van der Waals surface area contributed by atoms with Crippen molar-refractivity contribution in [2.75, 3.05) is 19.6 Å². The summed E-state index contributed by atoms with van der Waals surface area (Å²) in [5.41, 5.74) is -0.0714. The summed E-state index contributed by atoms with van der Waals surface area (Å²) in [7, 11) is -3.84. The molecule has 1 aromatic rings. The molecule has 2 N–H and O–H groups in total. The van der Waals surface area contributed by atoms with Crippen LogP contribution in [-0.2, 0) is 14.8 Å². The minimum atomic E-state index is -4.53. The molecule has 2 amide bonds. The average molecular weight is 464 g/mol. The summed E-state index contributed by atoms with van der Waals surface area (Å²) in [6, 6.07) is 4.76. The van der Waals surface area contributed by atoms with Gasteiger partial charge in [-0.05, 0) is 49.9 Å². The molecule has 7 nitrogen and oxygen atoms in total. The lowest BCUT2D eigenvalue weighted by atomic mass is 9.96. The van der Waals surface area contributed by atoms with Gasteiger partial charge in [-0.15, -0.1) is 0 Å². The fraction of sp³-hybridized carbons (Fsp3) is 0.600. The number of sulfonamides is 1. The summed E-state index contributed by atoms with van der Waals surface area (Å²) >= 11 is 0. The minimum absolute atomic E-state index is 0.0288. The van der Waals surface area contributed by atoms with Crippen LogP contribution in [0.2, 0.25) is 0 Å². The molecule has 1 heterocycles. The van der Waals surface area contributed by atoms with Gasteiger partial charge in [-0.2, -0.15) is 17.5 Å². The average Bonchev–Trinajstić information content (AvgIpc) is 2.71. The normalized spacial score (nSPS) is 17.4. The van der Waals surface area contributed by atoms with E-state index < -0.39 is 28.7 Å². The topological polar surface area (TPSA) is 95.6 Å². The Labute approximate surface area is 180 Å². The smallest absolute Gasteiger partial charge is 0.353 e. The molecule has 2 rings (SSSR count). The van der Waals surface area contributed by atoms with Crippen molar-refractivity contribution in [3.05, 3.63) is 29.8 Å². The molecule has 1 fully saturated rings. The summed E-state index contributed by atoms with van der Waals surface area (Å²) in [4.78, 5) is 24.1. The molecule has 0 bridgehead atoms. The second-order valence-electron chi connectivity index (χ2n) is 8.04. The zero-order valence-electron chi connectivity index (χ0n) is 17.7. The molecule has 0 aromatic heterocycles. The molecule has 1 atom stereocenters. The minimum Gasteiger partial charge on any atom is -0.353 e. The van der Waals surface area contributed by atoms with E-state index in [1.807, 2.05) is 20.8 Å². The highest BCUT2D eigenvalue weighted by atomic mass is 32.2. The zero-order chi connectivity index (χ0) is 23.4. The van der Waals surface area contributed by atoms with E-state index in [-0.39, 0.29) is 41.4 Å². The van der Waals surface area contributed by atoms with Crippen LogP contribution in [0.15, 0.2) is 29.2 Å². The van der Waals surface area contributed by atoms with Gasteiger partial charge in [0.15, 0.2) is 0 Å². The van der Waals surface area contributed by atoms with Crippen LogP contribution in [0, 0.1) is 11.8 Å². The van der Waals surface area contributed by atoms with Crippen molar-refractivity contribution in [2.24, 2.45) is 11.8 Å². The van der Waals surface area contributed by atoms with Crippen molar-refractivity contribution in [3.63, 3.8) is 0 Å². The molecule has 0 saturated carbocycles. The summed E-state index contributed by atoms with van der Waals surface area (Å²) in [6.45, 7) is 4.84. The maximum atomic E-state index is 12.8. The molecule has 11 heteroatoms. The van der Waals surface area contributed by atoms with E-state index in [1.54, 1.807) is 5.32 Å². The van der Waals surface area contributed by atoms with Gasteiger partial charge in [0, 0.05) is 30.6 Å². The first kappa shape index (κ1) is 25.1. The van der Waals surface area contributed by atoms with E-state index in [4.69, 9.17) is 0 Å². The lowest BCUT2D eigenvalue weighted by Gasteiger charge is -2.31. The standard InChI is InChI=1S/C20H28F3N3O4S/c1-13(2)14(3)25-19(28)16-8-10-26(11-9-16)31(29,30)17-6-4-15(5-7-17)18(27)24-12-20(21,22)23/h4-7,13-14,16H,8-12H2,1-3H3,(H,24,27)(H,25,28). The fourth-order valence-electron chi connectivity index (χ4n) is 3.08. The summed E-state index contributed by atoms with van der Waals surface area (Å²) in [5, 5.41) is 4.69. The number of piperidine rings is 1.